The van der Waals surface area contributed by atoms with Crippen molar-refractivity contribution in [3.05, 3.63) is 24.8 Å². The summed E-state index contributed by atoms with van der Waals surface area (Å²) < 4.78 is 0. The molecule has 0 rings (SSSR count). The molecule has 50 valence electrons. The van der Waals surface area contributed by atoms with Gasteiger partial charge in [-0.2, -0.15) is 0 Å². The van der Waals surface area contributed by atoms with Crippen LogP contribution in [0.15, 0.2) is 24.8 Å². The third kappa shape index (κ3) is 5.01. The summed E-state index contributed by atoms with van der Waals surface area (Å²) in [4.78, 5) is 0. The van der Waals surface area contributed by atoms with Crippen molar-refractivity contribution in [2.45, 2.75) is 13.8 Å². The second-order valence-corrected chi connectivity index (χ2v) is 2.26. The fraction of sp³-hybridized carbons (Fsp3) is 0.375. The first-order chi connectivity index (χ1) is 4.16. The average Bonchev–Trinajstić information content (AvgIpc) is 1.83. The molecule has 0 spiro atoms. The van der Waals surface area contributed by atoms with Gasteiger partial charge in [0, 0.05) is 0 Å². The third-order valence-electron chi connectivity index (χ3n) is 0.881. The summed E-state index contributed by atoms with van der Waals surface area (Å²) in [5.74, 6) is 0.519. The molecule has 0 radical (unpaired) electrons. The van der Waals surface area contributed by atoms with Gasteiger partial charge in [0.15, 0.2) is 0 Å². The van der Waals surface area contributed by atoms with Gasteiger partial charge >= 0.3 is 0 Å². The van der Waals surface area contributed by atoms with Gasteiger partial charge in [0.05, 0.1) is 5.71 Å². The summed E-state index contributed by atoms with van der Waals surface area (Å²) in [7, 11) is 0. The molecule has 0 aliphatic heterocycles. The highest BCUT2D eigenvalue weighted by Gasteiger charge is 1.83. The van der Waals surface area contributed by atoms with Crippen molar-refractivity contribution in [1.29, 1.82) is 5.41 Å². The first-order valence-corrected chi connectivity index (χ1v) is 3.06. The van der Waals surface area contributed by atoms with Crippen LogP contribution in [0.5, 0.6) is 0 Å². The lowest BCUT2D eigenvalue weighted by Crippen LogP contribution is -1.84. The molecule has 0 saturated carbocycles. The van der Waals surface area contributed by atoms with Gasteiger partial charge in [-0.05, 0) is 18.1 Å². The lowest BCUT2D eigenvalue weighted by molar-refractivity contribution is 0.832. The van der Waals surface area contributed by atoms with Crippen molar-refractivity contribution in [2.75, 3.05) is 0 Å². The summed E-state index contributed by atoms with van der Waals surface area (Å²) in [6, 6.07) is 0. The normalized spacial score (nSPS) is 10.6. The quantitative estimate of drug-likeness (QED) is 0.557. The molecular weight excluding hydrogens is 110 g/mol. The smallest absolute Gasteiger partial charge is 0.0530 e. The molecule has 9 heavy (non-hydrogen) atoms. The molecule has 1 N–H and O–H groups in total. The standard InChI is InChI=1S/C8H13N/c1-4-8(9)6-5-7(2)3/h4-7,9H,1H2,2-3H3/b6-5-,9-8?. The predicted molar refractivity (Wildman–Crippen MR) is 41.9 cm³/mol. The maximum absolute atomic E-state index is 7.13. The van der Waals surface area contributed by atoms with E-state index in [-0.39, 0.29) is 0 Å². The number of hydrogen-bond acceptors (Lipinski definition) is 1. The van der Waals surface area contributed by atoms with Crippen LogP contribution in [-0.4, -0.2) is 5.71 Å². The molecule has 0 heterocycles. The van der Waals surface area contributed by atoms with Crippen LogP contribution in [0.3, 0.4) is 0 Å². The SMILES string of the molecule is C=CC(=N)/C=C\C(C)C. The Morgan fingerprint density at radius 1 is 1.56 bits per heavy atom. The van der Waals surface area contributed by atoms with Gasteiger partial charge in [0.2, 0.25) is 0 Å². The monoisotopic (exact) mass is 123 g/mol. The van der Waals surface area contributed by atoms with Crippen LogP contribution in [0.2, 0.25) is 0 Å². The second-order valence-electron chi connectivity index (χ2n) is 2.26. The van der Waals surface area contributed by atoms with Gasteiger partial charge in [-0.15, -0.1) is 0 Å². The van der Waals surface area contributed by atoms with Crippen molar-refractivity contribution >= 4 is 5.71 Å². The van der Waals surface area contributed by atoms with E-state index in [1.165, 1.54) is 6.08 Å². The molecule has 0 fully saturated rings. The molecule has 1 heteroatoms. The summed E-state index contributed by atoms with van der Waals surface area (Å²) in [5, 5.41) is 7.13. The number of rotatable bonds is 3. The highest BCUT2D eigenvalue weighted by Crippen LogP contribution is 1.93. The predicted octanol–water partition coefficient (Wildman–Crippen LogP) is 2.40. The Bertz CT molecular complexity index is 132. The Morgan fingerprint density at radius 3 is 2.44 bits per heavy atom. The van der Waals surface area contributed by atoms with Crippen LogP contribution in [0.4, 0.5) is 0 Å². The Kier molecular flexibility index (Phi) is 3.69. The highest BCUT2D eigenvalue weighted by molar-refractivity contribution is 6.01. The topological polar surface area (TPSA) is 23.9 Å². The fourth-order valence-electron chi connectivity index (χ4n) is 0.364. The number of allylic oxidation sites excluding steroid dienone is 3. The molecular formula is C8H13N. The van der Waals surface area contributed by atoms with E-state index < -0.39 is 0 Å². The minimum atomic E-state index is 0.476. The van der Waals surface area contributed by atoms with E-state index in [1.807, 2.05) is 6.08 Å². The van der Waals surface area contributed by atoms with E-state index in [1.54, 1.807) is 6.08 Å². The van der Waals surface area contributed by atoms with Gasteiger partial charge in [-0.25, -0.2) is 0 Å². The van der Waals surface area contributed by atoms with Crippen LogP contribution in [-0.2, 0) is 0 Å². The second kappa shape index (κ2) is 4.07. The lowest BCUT2D eigenvalue weighted by Gasteiger charge is -1.90. The molecule has 0 amide bonds. The zero-order valence-corrected chi connectivity index (χ0v) is 6.02. The maximum Gasteiger partial charge on any atom is 0.0530 e. The first-order valence-electron chi connectivity index (χ1n) is 3.06. The number of nitrogens with one attached hydrogen (secondary N) is 1. The Morgan fingerprint density at radius 2 is 2.11 bits per heavy atom. The summed E-state index contributed by atoms with van der Waals surface area (Å²) in [5.41, 5.74) is 0.476. The molecule has 0 aliphatic rings. The minimum absolute atomic E-state index is 0.476. The molecule has 0 saturated heterocycles. The van der Waals surface area contributed by atoms with Gasteiger partial charge in [-0.1, -0.05) is 26.5 Å². The van der Waals surface area contributed by atoms with Crippen molar-refractivity contribution in [1.82, 2.24) is 0 Å². The third-order valence-corrected chi connectivity index (χ3v) is 0.881. The van der Waals surface area contributed by atoms with E-state index >= 15 is 0 Å². The Balaban J connectivity index is 3.70. The van der Waals surface area contributed by atoms with E-state index in [2.05, 4.69) is 20.4 Å². The summed E-state index contributed by atoms with van der Waals surface area (Å²) in [6.45, 7) is 7.62. The van der Waals surface area contributed by atoms with E-state index in [4.69, 9.17) is 5.41 Å². The molecule has 0 aromatic carbocycles. The van der Waals surface area contributed by atoms with Crippen molar-refractivity contribution in [3.8, 4) is 0 Å². The summed E-state index contributed by atoms with van der Waals surface area (Å²) in [6.07, 6.45) is 5.26. The van der Waals surface area contributed by atoms with Crippen LogP contribution in [0, 0.1) is 11.3 Å². The van der Waals surface area contributed by atoms with Crippen LogP contribution in [0.1, 0.15) is 13.8 Å². The molecule has 0 atom stereocenters. The molecule has 0 aromatic heterocycles. The molecule has 0 bridgehead atoms. The fourth-order valence-corrected chi connectivity index (χ4v) is 0.364. The van der Waals surface area contributed by atoms with E-state index in [9.17, 15) is 0 Å². The van der Waals surface area contributed by atoms with Gasteiger partial charge in [0.1, 0.15) is 0 Å². The van der Waals surface area contributed by atoms with Gasteiger partial charge in [-0.3, -0.25) is 0 Å². The highest BCUT2D eigenvalue weighted by atomic mass is 14.4. The summed E-state index contributed by atoms with van der Waals surface area (Å²) >= 11 is 0. The zero-order valence-electron chi connectivity index (χ0n) is 6.02. The molecule has 0 aliphatic carbocycles. The van der Waals surface area contributed by atoms with E-state index in [0.29, 0.717) is 11.6 Å². The van der Waals surface area contributed by atoms with Crippen LogP contribution >= 0.6 is 0 Å². The lowest BCUT2D eigenvalue weighted by atomic mass is 10.2. The van der Waals surface area contributed by atoms with E-state index in [0.717, 1.165) is 0 Å². The van der Waals surface area contributed by atoms with Crippen LogP contribution in [0.25, 0.3) is 0 Å². The van der Waals surface area contributed by atoms with Gasteiger partial charge in [0.25, 0.3) is 0 Å². The first kappa shape index (κ1) is 8.15. The van der Waals surface area contributed by atoms with Crippen molar-refractivity contribution in [3.63, 3.8) is 0 Å². The zero-order chi connectivity index (χ0) is 7.28. The molecule has 0 unspecified atom stereocenters. The largest absolute Gasteiger partial charge is 0.301 e. The molecule has 0 aromatic rings. The van der Waals surface area contributed by atoms with Gasteiger partial charge < -0.3 is 5.41 Å². The van der Waals surface area contributed by atoms with Crippen molar-refractivity contribution < 1.29 is 0 Å². The Labute approximate surface area is 56.6 Å². The number of hydrogen-bond donors (Lipinski definition) is 1. The average molecular weight is 123 g/mol. The maximum atomic E-state index is 7.13. The molecule has 1 nitrogen and oxygen atoms in total. The Hall–Kier alpha value is -0.850. The van der Waals surface area contributed by atoms with Crippen LogP contribution < -0.4 is 0 Å². The minimum Gasteiger partial charge on any atom is -0.301 e. The van der Waals surface area contributed by atoms with Crippen molar-refractivity contribution in [2.24, 2.45) is 5.92 Å².